The van der Waals surface area contributed by atoms with Gasteiger partial charge in [0.1, 0.15) is 0 Å². The van der Waals surface area contributed by atoms with Gasteiger partial charge in [-0.05, 0) is 23.6 Å². The highest BCUT2D eigenvalue weighted by Gasteiger charge is 2.36. The van der Waals surface area contributed by atoms with Crippen LogP contribution in [0.5, 0.6) is 0 Å². The van der Waals surface area contributed by atoms with Crippen LogP contribution in [-0.2, 0) is 4.74 Å². The number of hydrogen-bond donors (Lipinski definition) is 0. The van der Waals surface area contributed by atoms with Crippen molar-refractivity contribution in [2.24, 2.45) is 0 Å². The Labute approximate surface area is 119 Å². The highest BCUT2D eigenvalue weighted by Crippen LogP contribution is 2.37. The van der Waals surface area contributed by atoms with Gasteiger partial charge in [-0.1, -0.05) is 55.3 Å². The first-order valence-electron chi connectivity index (χ1n) is 7.30. The van der Waals surface area contributed by atoms with Gasteiger partial charge in [0.2, 0.25) is 0 Å². The second-order valence-electron chi connectivity index (χ2n) is 5.72. The lowest BCUT2D eigenvalue weighted by molar-refractivity contribution is -0.00692. The lowest BCUT2D eigenvalue weighted by Crippen LogP contribution is -2.30. The van der Waals surface area contributed by atoms with Crippen molar-refractivity contribution in [3.8, 4) is 0 Å². The topological polar surface area (TPSA) is 26.3 Å². The molecule has 0 bridgehead atoms. The molecule has 2 aromatic rings. The molecule has 1 aliphatic carbocycles. The maximum atomic E-state index is 12.7. The van der Waals surface area contributed by atoms with Gasteiger partial charge in [0.05, 0.1) is 5.60 Å². The van der Waals surface area contributed by atoms with Crippen LogP contribution in [0.2, 0.25) is 0 Å². The summed E-state index contributed by atoms with van der Waals surface area (Å²) in [5.74, 6) is 0.200. The Kier molecular flexibility index (Phi) is 3.58. The van der Waals surface area contributed by atoms with Crippen molar-refractivity contribution in [2.75, 3.05) is 7.11 Å². The van der Waals surface area contributed by atoms with Gasteiger partial charge < -0.3 is 4.74 Å². The SMILES string of the molecule is COC1(CC(=O)c2cccc3ccccc23)CCCC1. The zero-order valence-electron chi connectivity index (χ0n) is 11.9. The summed E-state index contributed by atoms with van der Waals surface area (Å²) in [6.45, 7) is 0. The van der Waals surface area contributed by atoms with Crippen LogP contribution in [0.3, 0.4) is 0 Å². The van der Waals surface area contributed by atoms with E-state index < -0.39 is 0 Å². The van der Waals surface area contributed by atoms with Crippen LogP contribution in [0.1, 0.15) is 42.5 Å². The Balaban J connectivity index is 1.93. The summed E-state index contributed by atoms with van der Waals surface area (Å²) in [4.78, 5) is 12.7. The fraction of sp³-hybridized carbons (Fsp3) is 0.389. The lowest BCUT2D eigenvalue weighted by atomic mass is 9.90. The van der Waals surface area contributed by atoms with Gasteiger partial charge in [-0.2, -0.15) is 0 Å². The molecule has 20 heavy (non-hydrogen) atoms. The molecule has 0 unspecified atom stereocenters. The molecule has 104 valence electrons. The molecule has 3 rings (SSSR count). The average Bonchev–Trinajstić information content (AvgIpc) is 2.95. The van der Waals surface area contributed by atoms with Gasteiger partial charge in [0.25, 0.3) is 0 Å². The van der Waals surface area contributed by atoms with Crippen molar-refractivity contribution in [1.82, 2.24) is 0 Å². The molecular formula is C18H20O2. The van der Waals surface area contributed by atoms with Crippen molar-refractivity contribution in [3.63, 3.8) is 0 Å². The molecule has 0 spiro atoms. The monoisotopic (exact) mass is 268 g/mol. The lowest BCUT2D eigenvalue weighted by Gasteiger charge is -2.26. The predicted octanol–water partition coefficient (Wildman–Crippen LogP) is 4.37. The van der Waals surface area contributed by atoms with E-state index in [1.807, 2.05) is 42.5 Å². The molecule has 2 heteroatoms. The van der Waals surface area contributed by atoms with Crippen LogP contribution < -0.4 is 0 Å². The van der Waals surface area contributed by atoms with E-state index in [4.69, 9.17) is 4.74 Å². The smallest absolute Gasteiger partial charge is 0.166 e. The van der Waals surface area contributed by atoms with E-state index in [1.165, 1.54) is 0 Å². The summed E-state index contributed by atoms with van der Waals surface area (Å²) in [7, 11) is 1.74. The van der Waals surface area contributed by atoms with Crippen LogP contribution in [0.25, 0.3) is 10.8 Å². The van der Waals surface area contributed by atoms with Crippen LogP contribution in [0.15, 0.2) is 42.5 Å². The minimum Gasteiger partial charge on any atom is -0.378 e. The number of hydrogen-bond acceptors (Lipinski definition) is 2. The van der Waals surface area contributed by atoms with E-state index >= 15 is 0 Å². The summed E-state index contributed by atoms with van der Waals surface area (Å²) in [6.07, 6.45) is 4.82. The molecule has 0 saturated heterocycles. The van der Waals surface area contributed by atoms with Crippen LogP contribution in [-0.4, -0.2) is 18.5 Å². The number of ether oxygens (including phenoxy) is 1. The predicted molar refractivity (Wildman–Crippen MR) is 81.1 cm³/mol. The van der Waals surface area contributed by atoms with Crippen molar-refractivity contribution in [1.29, 1.82) is 0 Å². The first-order valence-corrected chi connectivity index (χ1v) is 7.30. The van der Waals surface area contributed by atoms with Crippen LogP contribution in [0, 0.1) is 0 Å². The van der Waals surface area contributed by atoms with E-state index in [1.54, 1.807) is 7.11 Å². The Hall–Kier alpha value is -1.67. The summed E-state index contributed by atoms with van der Waals surface area (Å²) < 4.78 is 5.68. The van der Waals surface area contributed by atoms with Crippen LogP contribution >= 0.6 is 0 Å². The molecule has 2 nitrogen and oxygen atoms in total. The third-order valence-electron chi connectivity index (χ3n) is 4.52. The Morgan fingerprint density at radius 2 is 1.80 bits per heavy atom. The second kappa shape index (κ2) is 5.37. The van der Waals surface area contributed by atoms with Crippen molar-refractivity contribution >= 4 is 16.6 Å². The summed E-state index contributed by atoms with van der Waals surface area (Å²) >= 11 is 0. The Morgan fingerprint density at radius 1 is 1.10 bits per heavy atom. The summed E-state index contributed by atoms with van der Waals surface area (Å²) in [6, 6.07) is 14.0. The van der Waals surface area contributed by atoms with Crippen LogP contribution in [0.4, 0.5) is 0 Å². The molecule has 1 fully saturated rings. The van der Waals surface area contributed by atoms with E-state index in [0.717, 1.165) is 42.0 Å². The van der Waals surface area contributed by atoms with E-state index in [0.29, 0.717) is 6.42 Å². The first-order chi connectivity index (χ1) is 9.74. The molecule has 0 aromatic heterocycles. The standard InChI is InChI=1S/C18H20O2/c1-20-18(11-4-5-12-18)13-17(19)16-10-6-8-14-7-2-3-9-15(14)16/h2-3,6-10H,4-5,11-13H2,1H3. The molecule has 0 aliphatic heterocycles. The number of rotatable bonds is 4. The number of carbonyl (C=O) groups is 1. The minimum absolute atomic E-state index is 0.200. The molecule has 0 N–H and O–H groups in total. The number of methoxy groups -OCH3 is 1. The van der Waals surface area contributed by atoms with E-state index in [2.05, 4.69) is 0 Å². The zero-order chi connectivity index (χ0) is 14.0. The summed E-state index contributed by atoms with van der Waals surface area (Å²) in [5.41, 5.74) is 0.597. The number of ketones is 1. The normalized spacial score (nSPS) is 17.4. The van der Waals surface area contributed by atoms with Gasteiger partial charge in [0.15, 0.2) is 5.78 Å². The van der Waals surface area contributed by atoms with Gasteiger partial charge in [-0.15, -0.1) is 0 Å². The number of Topliss-reactive ketones (excluding diaryl/α,β-unsaturated/α-hetero) is 1. The third kappa shape index (κ3) is 2.36. The number of benzene rings is 2. The molecule has 0 atom stereocenters. The molecule has 2 aromatic carbocycles. The second-order valence-corrected chi connectivity index (χ2v) is 5.72. The zero-order valence-corrected chi connectivity index (χ0v) is 11.9. The van der Waals surface area contributed by atoms with E-state index in [-0.39, 0.29) is 11.4 Å². The fourth-order valence-corrected chi connectivity index (χ4v) is 3.33. The van der Waals surface area contributed by atoms with Gasteiger partial charge in [0, 0.05) is 19.1 Å². The van der Waals surface area contributed by atoms with Crippen molar-refractivity contribution in [2.45, 2.75) is 37.7 Å². The third-order valence-corrected chi connectivity index (χ3v) is 4.52. The van der Waals surface area contributed by atoms with Gasteiger partial charge in [-0.25, -0.2) is 0 Å². The van der Waals surface area contributed by atoms with Crippen molar-refractivity contribution in [3.05, 3.63) is 48.0 Å². The Morgan fingerprint density at radius 3 is 2.55 bits per heavy atom. The van der Waals surface area contributed by atoms with Gasteiger partial charge >= 0.3 is 0 Å². The maximum Gasteiger partial charge on any atom is 0.166 e. The average molecular weight is 268 g/mol. The van der Waals surface area contributed by atoms with Crippen molar-refractivity contribution < 1.29 is 9.53 Å². The molecule has 1 aliphatic rings. The van der Waals surface area contributed by atoms with E-state index in [9.17, 15) is 4.79 Å². The molecule has 0 amide bonds. The highest BCUT2D eigenvalue weighted by atomic mass is 16.5. The Bertz CT molecular complexity index is 619. The number of carbonyl (C=O) groups excluding carboxylic acids is 1. The quantitative estimate of drug-likeness (QED) is 0.769. The molecular weight excluding hydrogens is 248 g/mol. The molecule has 0 radical (unpaired) electrons. The minimum atomic E-state index is -0.228. The first kappa shape index (κ1) is 13.3. The largest absolute Gasteiger partial charge is 0.378 e. The van der Waals surface area contributed by atoms with Gasteiger partial charge in [-0.3, -0.25) is 4.79 Å². The maximum absolute atomic E-state index is 12.7. The molecule has 0 heterocycles. The fourth-order valence-electron chi connectivity index (χ4n) is 3.33. The summed E-state index contributed by atoms with van der Waals surface area (Å²) in [5, 5.41) is 2.17. The highest BCUT2D eigenvalue weighted by molar-refractivity contribution is 6.08. The number of fused-ring (bicyclic) bond motifs is 1. The molecule has 1 saturated carbocycles.